The first kappa shape index (κ1) is 25.8. The summed E-state index contributed by atoms with van der Waals surface area (Å²) < 4.78 is 41.2. The van der Waals surface area contributed by atoms with Gasteiger partial charge in [-0.15, -0.1) is 0 Å². The van der Waals surface area contributed by atoms with E-state index in [2.05, 4.69) is 0 Å². The fourth-order valence-corrected chi connectivity index (χ4v) is 4.51. The minimum absolute atomic E-state index is 0.0494. The number of rotatable bonds is 12. The lowest BCUT2D eigenvalue weighted by atomic mass is 9.89. The van der Waals surface area contributed by atoms with E-state index in [4.69, 9.17) is 33.2 Å². The second kappa shape index (κ2) is 11.6. The van der Waals surface area contributed by atoms with E-state index < -0.39 is 29.6 Å². The molecule has 8 nitrogen and oxygen atoms in total. The van der Waals surface area contributed by atoms with Crippen molar-refractivity contribution >= 4 is 5.97 Å². The first-order valence-electron chi connectivity index (χ1n) is 11.8. The topological polar surface area (TPSA) is 81.7 Å². The van der Waals surface area contributed by atoms with Gasteiger partial charge in [0.05, 0.1) is 32.5 Å². The van der Waals surface area contributed by atoms with E-state index in [1.54, 1.807) is 7.11 Å². The fraction of sp³-hybridized carbons (Fsp3) is 0.519. The number of carbonyl (C=O) groups excluding carboxylic acids is 1. The smallest absolute Gasteiger partial charge is 0.338 e. The number of esters is 1. The van der Waals surface area contributed by atoms with E-state index in [0.717, 1.165) is 11.1 Å². The molecule has 0 amide bonds. The van der Waals surface area contributed by atoms with E-state index in [0.29, 0.717) is 13.0 Å². The van der Waals surface area contributed by atoms with Gasteiger partial charge in [-0.3, -0.25) is 0 Å². The Bertz CT molecular complexity index is 935. The van der Waals surface area contributed by atoms with Crippen LogP contribution in [0.25, 0.3) is 0 Å². The maximum absolute atomic E-state index is 13.2. The van der Waals surface area contributed by atoms with Crippen molar-refractivity contribution in [2.24, 2.45) is 0 Å². The molecule has 4 atom stereocenters. The van der Waals surface area contributed by atoms with Gasteiger partial charge in [-0.25, -0.2) is 4.79 Å². The van der Waals surface area contributed by atoms with E-state index in [-0.39, 0.29) is 32.7 Å². The molecule has 2 fully saturated rings. The van der Waals surface area contributed by atoms with Gasteiger partial charge in [-0.05, 0) is 25.0 Å². The predicted molar refractivity (Wildman–Crippen MR) is 126 cm³/mol. The van der Waals surface area contributed by atoms with Crippen molar-refractivity contribution in [1.82, 2.24) is 0 Å². The van der Waals surface area contributed by atoms with Crippen LogP contribution in [0.4, 0.5) is 0 Å². The molecule has 1 unspecified atom stereocenters. The monoisotopic (exact) mass is 486 g/mol. The number of carbonyl (C=O) groups is 1. The molecule has 2 saturated heterocycles. The molecule has 0 radical (unpaired) electrons. The van der Waals surface area contributed by atoms with Gasteiger partial charge in [0.15, 0.2) is 17.5 Å². The van der Waals surface area contributed by atoms with Crippen molar-refractivity contribution in [3.05, 3.63) is 71.8 Å². The third-order valence-corrected chi connectivity index (χ3v) is 6.06. The van der Waals surface area contributed by atoms with Crippen molar-refractivity contribution in [1.29, 1.82) is 0 Å². The Morgan fingerprint density at radius 1 is 0.943 bits per heavy atom. The zero-order valence-corrected chi connectivity index (χ0v) is 20.5. The van der Waals surface area contributed by atoms with Gasteiger partial charge in [0.25, 0.3) is 0 Å². The lowest BCUT2D eigenvalue weighted by Crippen LogP contribution is -2.51. The Hall–Kier alpha value is -2.33. The maximum atomic E-state index is 13.2. The van der Waals surface area contributed by atoms with E-state index >= 15 is 0 Å². The molecule has 0 N–H and O–H groups in total. The number of benzene rings is 2. The molecule has 4 rings (SSSR count). The first-order valence-corrected chi connectivity index (χ1v) is 11.8. The molecule has 0 bridgehead atoms. The number of hydrogen-bond acceptors (Lipinski definition) is 8. The van der Waals surface area contributed by atoms with Crippen molar-refractivity contribution in [2.45, 2.75) is 63.2 Å². The van der Waals surface area contributed by atoms with E-state index in [9.17, 15) is 4.79 Å². The van der Waals surface area contributed by atoms with Crippen LogP contribution in [0.1, 0.15) is 31.4 Å². The largest absolute Gasteiger partial charge is 0.452 e. The second-order valence-corrected chi connectivity index (χ2v) is 9.33. The van der Waals surface area contributed by atoms with Crippen LogP contribution in [-0.4, -0.2) is 62.8 Å². The van der Waals surface area contributed by atoms with Crippen LogP contribution in [0.3, 0.4) is 0 Å². The lowest BCUT2D eigenvalue weighted by molar-refractivity contribution is -0.187. The standard InChI is InChI=1S/C27H34O8/c1-26(2)33-17-22(34-26)14-27(18-30-19-29-3)24(32-16-21-12-8-5-9-13-21)23(25(28)35-27)31-15-20-10-6-4-7-11-20/h4-13,22-24H,14-19H2,1-3H3/t22?,23-,24-,27-/m1/s1. The molecular weight excluding hydrogens is 452 g/mol. The maximum Gasteiger partial charge on any atom is 0.338 e. The molecule has 2 aromatic carbocycles. The number of hydrogen-bond donors (Lipinski definition) is 0. The van der Waals surface area contributed by atoms with Crippen molar-refractivity contribution in [3.63, 3.8) is 0 Å². The van der Waals surface area contributed by atoms with Crippen molar-refractivity contribution in [2.75, 3.05) is 27.1 Å². The van der Waals surface area contributed by atoms with Crippen LogP contribution in [-0.2, 0) is 51.2 Å². The third-order valence-electron chi connectivity index (χ3n) is 6.06. The average molecular weight is 487 g/mol. The highest BCUT2D eigenvalue weighted by Crippen LogP contribution is 2.40. The minimum Gasteiger partial charge on any atom is -0.452 e. The summed E-state index contributed by atoms with van der Waals surface area (Å²) in [6, 6.07) is 19.4. The zero-order valence-electron chi connectivity index (χ0n) is 20.5. The Morgan fingerprint density at radius 2 is 1.57 bits per heavy atom. The highest BCUT2D eigenvalue weighted by molar-refractivity contribution is 5.79. The molecule has 190 valence electrons. The highest BCUT2D eigenvalue weighted by Gasteiger charge is 2.59. The van der Waals surface area contributed by atoms with Crippen LogP contribution in [0.5, 0.6) is 0 Å². The zero-order chi connectivity index (χ0) is 24.7. The predicted octanol–water partition coefficient (Wildman–Crippen LogP) is 3.61. The van der Waals surface area contributed by atoms with Crippen LogP contribution < -0.4 is 0 Å². The molecule has 0 aromatic heterocycles. The first-order chi connectivity index (χ1) is 16.9. The van der Waals surface area contributed by atoms with Crippen molar-refractivity contribution < 1.29 is 38.0 Å². The molecule has 2 aliphatic rings. The number of ether oxygens (including phenoxy) is 7. The van der Waals surface area contributed by atoms with Gasteiger partial charge in [-0.2, -0.15) is 0 Å². The molecule has 0 aliphatic carbocycles. The van der Waals surface area contributed by atoms with Gasteiger partial charge in [0.1, 0.15) is 12.9 Å². The molecule has 0 saturated carbocycles. The van der Waals surface area contributed by atoms with Gasteiger partial charge in [0.2, 0.25) is 0 Å². The summed E-state index contributed by atoms with van der Waals surface area (Å²) in [5.41, 5.74) is 0.784. The Kier molecular flexibility index (Phi) is 8.54. The van der Waals surface area contributed by atoms with Gasteiger partial charge in [-0.1, -0.05) is 60.7 Å². The van der Waals surface area contributed by atoms with Crippen LogP contribution in [0, 0.1) is 0 Å². The van der Waals surface area contributed by atoms with E-state index in [1.807, 2.05) is 74.5 Å². The summed E-state index contributed by atoms with van der Waals surface area (Å²) >= 11 is 0. The molecule has 2 aromatic rings. The Morgan fingerprint density at radius 3 is 2.14 bits per heavy atom. The van der Waals surface area contributed by atoms with Crippen LogP contribution in [0.2, 0.25) is 0 Å². The Balaban J connectivity index is 1.58. The summed E-state index contributed by atoms with van der Waals surface area (Å²) in [6.45, 7) is 4.74. The molecule has 0 spiro atoms. The molecule has 2 heterocycles. The van der Waals surface area contributed by atoms with E-state index in [1.165, 1.54) is 0 Å². The molecule has 2 aliphatic heterocycles. The summed E-state index contributed by atoms with van der Waals surface area (Å²) in [5.74, 6) is -1.20. The van der Waals surface area contributed by atoms with Gasteiger partial charge >= 0.3 is 5.97 Å². The van der Waals surface area contributed by atoms with Crippen LogP contribution >= 0.6 is 0 Å². The molecule has 35 heavy (non-hydrogen) atoms. The quantitative estimate of drug-likeness (QED) is 0.256. The van der Waals surface area contributed by atoms with Gasteiger partial charge in [0, 0.05) is 13.5 Å². The van der Waals surface area contributed by atoms with Crippen LogP contribution in [0.15, 0.2) is 60.7 Å². The Labute approximate surface area is 206 Å². The molecular formula is C27H34O8. The summed E-state index contributed by atoms with van der Waals surface area (Å²) in [5, 5.41) is 0. The second-order valence-electron chi connectivity index (χ2n) is 9.33. The fourth-order valence-electron chi connectivity index (χ4n) is 4.51. The SMILES string of the molecule is COCOC[C@@]1(CC2COC(C)(C)O2)OC(=O)[C@H](OCc2ccccc2)[C@H]1OCc1ccccc1. The normalized spacial score (nSPS) is 27.7. The third kappa shape index (κ3) is 6.67. The number of methoxy groups -OCH3 is 1. The minimum atomic E-state index is -1.14. The highest BCUT2D eigenvalue weighted by atomic mass is 16.7. The summed E-state index contributed by atoms with van der Waals surface area (Å²) in [6.07, 6.45) is -1.64. The average Bonchev–Trinajstić information content (AvgIpc) is 3.32. The van der Waals surface area contributed by atoms with Crippen molar-refractivity contribution in [3.8, 4) is 0 Å². The summed E-state index contributed by atoms with van der Waals surface area (Å²) in [7, 11) is 1.54. The summed E-state index contributed by atoms with van der Waals surface area (Å²) in [4.78, 5) is 13.2. The molecule has 8 heteroatoms. The lowest BCUT2D eigenvalue weighted by Gasteiger charge is -2.35. The number of cyclic esters (lactones) is 1. The van der Waals surface area contributed by atoms with Gasteiger partial charge < -0.3 is 33.2 Å².